The molecule has 0 spiro atoms. The molecule has 0 amide bonds. The van der Waals surface area contributed by atoms with Crippen LogP contribution in [0.1, 0.15) is 5.56 Å². The van der Waals surface area contributed by atoms with E-state index in [0.29, 0.717) is 0 Å². The third-order valence-corrected chi connectivity index (χ3v) is 4.49. The van der Waals surface area contributed by atoms with Crippen molar-refractivity contribution in [2.75, 3.05) is 6.26 Å². The summed E-state index contributed by atoms with van der Waals surface area (Å²) in [5.41, 5.74) is 2.32. The first-order valence-electron chi connectivity index (χ1n) is 6.60. The van der Waals surface area contributed by atoms with Crippen molar-refractivity contribution in [1.29, 1.82) is 0 Å². The Morgan fingerprint density at radius 3 is 2.29 bits per heavy atom. The predicted octanol–water partition coefficient (Wildman–Crippen LogP) is 4.28. The Kier molecular flexibility index (Phi) is 4.62. The van der Waals surface area contributed by atoms with Gasteiger partial charge in [-0.25, -0.2) is 4.68 Å². The quantitative estimate of drug-likeness (QED) is 0.658. The van der Waals surface area contributed by atoms with Crippen LogP contribution in [0.5, 0.6) is 0 Å². The fourth-order valence-electron chi connectivity index (χ4n) is 1.93. The highest BCUT2D eigenvalue weighted by Crippen LogP contribution is 2.24. The first kappa shape index (κ1) is 14.2. The fraction of sp³-hybridized carbons (Fsp3) is 0.125. The van der Waals surface area contributed by atoms with Crippen molar-refractivity contribution in [3.63, 3.8) is 0 Å². The Bertz CT molecular complexity index is 696. The maximum Gasteiger partial charge on any atom is 0.210 e. The number of thioether (sulfide) groups is 2. The van der Waals surface area contributed by atoms with Gasteiger partial charge in [-0.15, -0.1) is 5.10 Å². The molecule has 0 aliphatic carbocycles. The molecule has 0 atom stereocenters. The number of rotatable bonds is 5. The molecule has 3 nitrogen and oxygen atoms in total. The van der Waals surface area contributed by atoms with E-state index in [0.717, 1.165) is 21.8 Å². The molecule has 0 radical (unpaired) electrons. The van der Waals surface area contributed by atoms with Crippen LogP contribution in [0.3, 0.4) is 0 Å². The molecule has 0 unspecified atom stereocenters. The average Bonchev–Trinajstić information content (AvgIpc) is 2.98. The molecule has 0 saturated heterocycles. The van der Waals surface area contributed by atoms with E-state index in [1.165, 1.54) is 5.56 Å². The molecule has 0 saturated carbocycles. The van der Waals surface area contributed by atoms with E-state index in [2.05, 4.69) is 34.3 Å². The van der Waals surface area contributed by atoms with Crippen LogP contribution in [-0.2, 0) is 5.75 Å². The number of hydrogen-bond donors (Lipinski definition) is 0. The van der Waals surface area contributed by atoms with E-state index in [4.69, 9.17) is 0 Å². The van der Waals surface area contributed by atoms with Crippen LogP contribution < -0.4 is 0 Å². The molecule has 0 fully saturated rings. The molecule has 1 aromatic heterocycles. The van der Waals surface area contributed by atoms with E-state index in [9.17, 15) is 0 Å². The van der Waals surface area contributed by atoms with Crippen molar-refractivity contribution in [3.05, 3.63) is 66.2 Å². The van der Waals surface area contributed by atoms with Crippen LogP contribution in [0.2, 0.25) is 0 Å². The van der Waals surface area contributed by atoms with E-state index >= 15 is 0 Å². The molecule has 0 N–H and O–H groups in total. The van der Waals surface area contributed by atoms with Gasteiger partial charge in [0.05, 0.1) is 5.69 Å². The van der Waals surface area contributed by atoms with Gasteiger partial charge >= 0.3 is 0 Å². The lowest BCUT2D eigenvalue weighted by Crippen LogP contribution is -1.97. The first-order valence-corrected chi connectivity index (χ1v) is 8.81. The second-order valence-corrected chi connectivity index (χ2v) is 6.12. The van der Waals surface area contributed by atoms with Crippen LogP contribution in [0.15, 0.2) is 71.0 Å². The monoisotopic (exact) mass is 313 g/mol. The van der Waals surface area contributed by atoms with Gasteiger partial charge in [0.2, 0.25) is 5.16 Å². The molecule has 3 aromatic rings. The summed E-state index contributed by atoms with van der Waals surface area (Å²) in [5.74, 6) is 0.882. The SMILES string of the molecule is CSc1nc(SCc2ccccc2)nn1-c1ccccc1. The van der Waals surface area contributed by atoms with Gasteiger partial charge in [0, 0.05) is 5.75 Å². The summed E-state index contributed by atoms with van der Waals surface area (Å²) in [6, 6.07) is 20.5. The summed E-state index contributed by atoms with van der Waals surface area (Å²) in [6.45, 7) is 0. The molecule has 106 valence electrons. The normalized spacial score (nSPS) is 10.7. The lowest BCUT2D eigenvalue weighted by molar-refractivity contribution is 0.774. The van der Waals surface area contributed by atoms with Crippen molar-refractivity contribution in [1.82, 2.24) is 14.8 Å². The van der Waals surface area contributed by atoms with Gasteiger partial charge < -0.3 is 0 Å². The van der Waals surface area contributed by atoms with E-state index < -0.39 is 0 Å². The minimum Gasteiger partial charge on any atom is -0.207 e. The molecule has 2 aromatic carbocycles. The van der Waals surface area contributed by atoms with Gasteiger partial charge in [-0.05, 0) is 24.0 Å². The molecule has 5 heteroatoms. The zero-order valence-electron chi connectivity index (χ0n) is 11.6. The molecule has 0 aliphatic rings. The van der Waals surface area contributed by atoms with Crippen LogP contribution in [-0.4, -0.2) is 21.0 Å². The van der Waals surface area contributed by atoms with Crippen LogP contribution >= 0.6 is 23.5 Å². The number of benzene rings is 2. The summed E-state index contributed by atoms with van der Waals surface area (Å²) >= 11 is 3.27. The summed E-state index contributed by atoms with van der Waals surface area (Å²) in [7, 11) is 0. The Morgan fingerprint density at radius 2 is 1.62 bits per heavy atom. The largest absolute Gasteiger partial charge is 0.210 e. The second-order valence-electron chi connectivity index (χ2n) is 4.40. The molecule has 0 bridgehead atoms. The van der Waals surface area contributed by atoms with Gasteiger partial charge in [0.15, 0.2) is 5.16 Å². The Balaban J connectivity index is 1.80. The lowest BCUT2D eigenvalue weighted by Gasteiger charge is -2.02. The summed E-state index contributed by atoms with van der Waals surface area (Å²) < 4.78 is 1.90. The molecular formula is C16H15N3S2. The van der Waals surface area contributed by atoms with Gasteiger partial charge in [-0.3, -0.25) is 0 Å². The van der Waals surface area contributed by atoms with Crippen molar-refractivity contribution in [2.45, 2.75) is 16.1 Å². The van der Waals surface area contributed by atoms with Crippen molar-refractivity contribution >= 4 is 23.5 Å². The Morgan fingerprint density at radius 1 is 0.952 bits per heavy atom. The van der Waals surface area contributed by atoms with Crippen molar-refractivity contribution in [3.8, 4) is 5.69 Å². The third kappa shape index (κ3) is 3.49. The summed E-state index contributed by atoms with van der Waals surface area (Å²) in [6.07, 6.45) is 2.02. The van der Waals surface area contributed by atoms with Crippen LogP contribution in [0.25, 0.3) is 5.69 Å². The van der Waals surface area contributed by atoms with Crippen molar-refractivity contribution < 1.29 is 0 Å². The topological polar surface area (TPSA) is 30.7 Å². The zero-order chi connectivity index (χ0) is 14.5. The highest BCUT2D eigenvalue weighted by Gasteiger charge is 2.11. The molecule has 1 heterocycles. The van der Waals surface area contributed by atoms with Gasteiger partial charge in [-0.2, -0.15) is 4.98 Å². The van der Waals surface area contributed by atoms with E-state index in [1.807, 2.05) is 47.3 Å². The maximum absolute atomic E-state index is 4.61. The number of nitrogens with zero attached hydrogens (tertiary/aromatic N) is 3. The van der Waals surface area contributed by atoms with Crippen LogP contribution in [0.4, 0.5) is 0 Å². The smallest absolute Gasteiger partial charge is 0.207 e. The average molecular weight is 313 g/mol. The number of para-hydroxylation sites is 1. The fourth-order valence-corrected chi connectivity index (χ4v) is 3.27. The summed E-state index contributed by atoms with van der Waals surface area (Å²) in [4.78, 5) is 4.60. The molecular weight excluding hydrogens is 298 g/mol. The summed E-state index contributed by atoms with van der Waals surface area (Å²) in [5, 5.41) is 6.34. The standard InChI is InChI=1S/C16H15N3S2/c1-20-16-17-15(21-12-13-8-4-2-5-9-13)18-19(16)14-10-6-3-7-11-14/h2-11H,12H2,1H3. The minimum absolute atomic E-state index is 0.812. The molecule has 3 rings (SSSR count). The Hall–Kier alpha value is -1.72. The van der Waals surface area contributed by atoms with Crippen molar-refractivity contribution in [2.24, 2.45) is 0 Å². The van der Waals surface area contributed by atoms with Gasteiger partial charge in [-0.1, -0.05) is 72.1 Å². The second kappa shape index (κ2) is 6.83. The predicted molar refractivity (Wildman–Crippen MR) is 89.1 cm³/mol. The lowest BCUT2D eigenvalue weighted by atomic mass is 10.2. The third-order valence-electron chi connectivity index (χ3n) is 2.95. The van der Waals surface area contributed by atoms with E-state index in [1.54, 1.807) is 23.5 Å². The minimum atomic E-state index is 0.812. The molecule has 21 heavy (non-hydrogen) atoms. The number of aromatic nitrogens is 3. The Labute approximate surface area is 132 Å². The highest BCUT2D eigenvalue weighted by atomic mass is 32.2. The zero-order valence-corrected chi connectivity index (χ0v) is 13.3. The van der Waals surface area contributed by atoms with Gasteiger partial charge in [0.25, 0.3) is 0 Å². The highest BCUT2D eigenvalue weighted by molar-refractivity contribution is 7.99. The first-order chi connectivity index (χ1) is 10.4. The van der Waals surface area contributed by atoms with E-state index in [-0.39, 0.29) is 0 Å². The van der Waals surface area contributed by atoms with Gasteiger partial charge in [0.1, 0.15) is 0 Å². The maximum atomic E-state index is 4.61. The molecule has 0 aliphatic heterocycles. The van der Waals surface area contributed by atoms with Crippen LogP contribution in [0, 0.1) is 0 Å². The number of hydrogen-bond acceptors (Lipinski definition) is 4.